The molecular formula is C18H21BrFN5OS. The van der Waals surface area contributed by atoms with Gasteiger partial charge in [-0.15, -0.1) is 10.2 Å². The van der Waals surface area contributed by atoms with E-state index < -0.39 is 11.1 Å². The van der Waals surface area contributed by atoms with Gasteiger partial charge in [-0.25, -0.2) is 4.39 Å². The van der Waals surface area contributed by atoms with E-state index >= 15 is 0 Å². The van der Waals surface area contributed by atoms with E-state index in [-0.39, 0.29) is 11.6 Å². The number of carbonyl (C=O) groups excluding carboxylic acids is 1. The predicted molar refractivity (Wildman–Crippen MR) is 108 cm³/mol. The zero-order valence-electron chi connectivity index (χ0n) is 15.0. The summed E-state index contributed by atoms with van der Waals surface area (Å²) >= 11 is 4.59. The fourth-order valence-electron chi connectivity index (χ4n) is 3.17. The summed E-state index contributed by atoms with van der Waals surface area (Å²) in [5.41, 5.74) is 0.178. The molecule has 2 fully saturated rings. The summed E-state index contributed by atoms with van der Waals surface area (Å²) in [5, 5.41) is 11.8. The normalized spacial score (nSPS) is 18.0. The van der Waals surface area contributed by atoms with Crippen LogP contribution in [0.3, 0.4) is 0 Å². The molecule has 2 aliphatic rings. The van der Waals surface area contributed by atoms with E-state index in [1.165, 1.54) is 30.7 Å². The predicted octanol–water partition coefficient (Wildman–Crippen LogP) is 4.23. The molecule has 0 spiro atoms. The van der Waals surface area contributed by atoms with Crippen LogP contribution >= 0.6 is 27.7 Å². The Balaban J connectivity index is 1.47. The van der Waals surface area contributed by atoms with Gasteiger partial charge in [-0.3, -0.25) is 9.36 Å². The minimum atomic E-state index is -0.465. The van der Waals surface area contributed by atoms with Gasteiger partial charge in [0.05, 0.1) is 10.9 Å². The first kappa shape index (κ1) is 18.7. The van der Waals surface area contributed by atoms with Crippen molar-refractivity contribution in [2.24, 2.45) is 0 Å². The highest BCUT2D eigenvalue weighted by molar-refractivity contribution is 9.10. The second-order valence-corrected chi connectivity index (χ2v) is 9.18. The molecule has 1 N–H and O–H groups in total. The Bertz CT molecular complexity index is 850. The molecule has 1 saturated heterocycles. The number of hydrogen-bond acceptors (Lipinski definition) is 5. The number of amides is 1. The number of hydrogen-bond donors (Lipinski definition) is 1. The molecule has 4 rings (SSSR count). The molecule has 6 nitrogen and oxygen atoms in total. The number of halogens is 2. The molecular weight excluding hydrogens is 433 g/mol. The lowest BCUT2D eigenvalue weighted by molar-refractivity contribution is -0.115. The first-order valence-corrected chi connectivity index (χ1v) is 10.8. The number of rotatable bonds is 6. The summed E-state index contributed by atoms with van der Waals surface area (Å²) in [4.78, 5) is 14.8. The highest BCUT2D eigenvalue weighted by Crippen LogP contribution is 2.42. The summed E-state index contributed by atoms with van der Waals surface area (Å²) in [6.07, 6.45) is 4.60. The van der Waals surface area contributed by atoms with Gasteiger partial charge in [-0.2, -0.15) is 0 Å². The average molecular weight is 454 g/mol. The molecule has 1 aromatic heterocycles. The largest absolute Gasteiger partial charge is 0.341 e. The Hall–Kier alpha value is -1.61. The second kappa shape index (κ2) is 7.79. The molecule has 1 aromatic carbocycles. The van der Waals surface area contributed by atoms with Crippen molar-refractivity contribution in [3.05, 3.63) is 28.5 Å². The van der Waals surface area contributed by atoms with Crippen molar-refractivity contribution in [2.45, 2.75) is 49.1 Å². The third-order valence-electron chi connectivity index (χ3n) is 4.79. The lowest BCUT2D eigenvalue weighted by atomic mass is 10.3. The second-order valence-electron chi connectivity index (χ2n) is 6.95. The van der Waals surface area contributed by atoms with Crippen molar-refractivity contribution in [1.29, 1.82) is 0 Å². The van der Waals surface area contributed by atoms with Crippen LogP contribution in [0.15, 0.2) is 27.8 Å². The third kappa shape index (κ3) is 4.13. The fraction of sp³-hybridized carbons (Fsp3) is 0.500. The molecule has 1 atom stereocenters. The van der Waals surface area contributed by atoms with Gasteiger partial charge in [-0.1, -0.05) is 27.7 Å². The van der Waals surface area contributed by atoms with Crippen molar-refractivity contribution < 1.29 is 9.18 Å². The first-order valence-electron chi connectivity index (χ1n) is 9.15. The van der Waals surface area contributed by atoms with Crippen molar-refractivity contribution in [3.8, 4) is 0 Å². The molecule has 1 unspecified atom stereocenters. The van der Waals surface area contributed by atoms with Crippen LogP contribution in [-0.4, -0.2) is 39.0 Å². The number of thioether (sulfide) groups is 1. The monoisotopic (exact) mass is 453 g/mol. The number of nitrogens with zero attached hydrogens (tertiary/aromatic N) is 4. The van der Waals surface area contributed by atoms with E-state index in [2.05, 4.69) is 40.9 Å². The van der Waals surface area contributed by atoms with Crippen LogP contribution in [0.2, 0.25) is 0 Å². The molecule has 2 heterocycles. The SMILES string of the molecule is CC(Sc1nnc(N2CCCC2)n1C1CC1)C(=O)Nc1ccc(Br)cc1F. The topological polar surface area (TPSA) is 63.1 Å². The minimum Gasteiger partial charge on any atom is -0.341 e. The maximum atomic E-state index is 14.0. The average Bonchev–Trinajstić information content (AvgIpc) is 3.16. The lowest BCUT2D eigenvalue weighted by Crippen LogP contribution is -2.24. The van der Waals surface area contributed by atoms with E-state index in [1.807, 2.05) is 0 Å². The Morgan fingerprint density at radius 2 is 2.07 bits per heavy atom. The Morgan fingerprint density at radius 1 is 1.33 bits per heavy atom. The van der Waals surface area contributed by atoms with Crippen LogP contribution in [0.25, 0.3) is 0 Å². The summed E-state index contributed by atoms with van der Waals surface area (Å²) < 4.78 is 16.8. The van der Waals surface area contributed by atoms with Gasteiger partial charge in [0.2, 0.25) is 11.9 Å². The standard InChI is InChI=1S/C18H21BrFN5OS/c1-11(16(26)21-15-7-4-12(19)10-14(15)20)27-18-23-22-17(24-8-2-3-9-24)25(18)13-5-6-13/h4,7,10-11,13H,2-3,5-6,8-9H2,1H3,(H,21,26). The van der Waals surface area contributed by atoms with Crippen molar-refractivity contribution >= 4 is 45.2 Å². The number of carbonyl (C=O) groups is 1. The molecule has 1 aliphatic heterocycles. The van der Waals surface area contributed by atoms with Gasteiger partial charge < -0.3 is 10.2 Å². The number of benzene rings is 1. The van der Waals surface area contributed by atoms with E-state index in [0.29, 0.717) is 10.5 Å². The summed E-state index contributed by atoms with van der Waals surface area (Å²) in [7, 11) is 0. The van der Waals surface area contributed by atoms with Crippen molar-refractivity contribution in [1.82, 2.24) is 14.8 Å². The molecule has 9 heteroatoms. The van der Waals surface area contributed by atoms with Crippen LogP contribution in [0, 0.1) is 5.82 Å². The van der Waals surface area contributed by atoms with Crippen LogP contribution < -0.4 is 10.2 Å². The molecule has 27 heavy (non-hydrogen) atoms. The lowest BCUT2D eigenvalue weighted by Gasteiger charge is -2.18. The van der Waals surface area contributed by atoms with Gasteiger partial charge in [0.15, 0.2) is 5.16 Å². The fourth-order valence-corrected chi connectivity index (χ4v) is 4.42. The molecule has 0 bridgehead atoms. The van der Waals surface area contributed by atoms with Crippen LogP contribution in [0.4, 0.5) is 16.0 Å². The van der Waals surface area contributed by atoms with Gasteiger partial charge in [0.1, 0.15) is 5.82 Å². The Morgan fingerprint density at radius 3 is 2.74 bits per heavy atom. The molecule has 144 valence electrons. The van der Waals surface area contributed by atoms with Gasteiger partial charge in [0, 0.05) is 23.6 Å². The van der Waals surface area contributed by atoms with E-state index in [4.69, 9.17) is 0 Å². The van der Waals surface area contributed by atoms with Crippen LogP contribution in [0.5, 0.6) is 0 Å². The van der Waals surface area contributed by atoms with Crippen molar-refractivity contribution in [2.75, 3.05) is 23.3 Å². The van der Waals surface area contributed by atoms with Crippen LogP contribution in [0.1, 0.15) is 38.6 Å². The summed E-state index contributed by atoms with van der Waals surface area (Å²) in [6.45, 7) is 3.82. The zero-order valence-corrected chi connectivity index (χ0v) is 17.4. The van der Waals surface area contributed by atoms with E-state index in [1.54, 1.807) is 19.1 Å². The number of nitrogens with one attached hydrogen (secondary N) is 1. The smallest absolute Gasteiger partial charge is 0.237 e. The molecule has 2 aromatic rings. The maximum absolute atomic E-state index is 14.0. The third-order valence-corrected chi connectivity index (χ3v) is 6.34. The molecule has 1 saturated carbocycles. The van der Waals surface area contributed by atoms with Crippen molar-refractivity contribution in [3.63, 3.8) is 0 Å². The number of aromatic nitrogens is 3. The van der Waals surface area contributed by atoms with Gasteiger partial charge in [-0.05, 0) is 50.8 Å². The Kier molecular flexibility index (Phi) is 5.41. The van der Waals surface area contributed by atoms with Gasteiger partial charge >= 0.3 is 0 Å². The van der Waals surface area contributed by atoms with Gasteiger partial charge in [0.25, 0.3) is 0 Å². The van der Waals surface area contributed by atoms with E-state index in [9.17, 15) is 9.18 Å². The maximum Gasteiger partial charge on any atom is 0.237 e. The molecule has 0 radical (unpaired) electrons. The molecule has 1 aliphatic carbocycles. The first-order chi connectivity index (χ1) is 13.0. The molecule has 1 amide bonds. The highest BCUT2D eigenvalue weighted by Gasteiger charge is 2.33. The summed E-state index contributed by atoms with van der Waals surface area (Å²) in [5.74, 6) is 0.200. The quantitative estimate of drug-likeness (QED) is 0.662. The minimum absolute atomic E-state index is 0.178. The Labute approximate surface area is 170 Å². The highest BCUT2D eigenvalue weighted by atomic mass is 79.9. The van der Waals surface area contributed by atoms with Crippen LogP contribution in [-0.2, 0) is 4.79 Å². The zero-order chi connectivity index (χ0) is 19.0. The summed E-state index contributed by atoms with van der Waals surface area (Å²) in [6, 6.07) is 5.01. The number of anilines is 2. The van der Waals surface area contributed by atoms with E-state index in [0.717, 1.165) is 37.0 Å².